The van der Waals surface area contributed by atoms with Crippen molar-refractivity contribution in [3.63, 3.8) is 0 Å². The van der Waals surface area contributed by atoms with E-state index in [1.54, 1.807) is 7.05 Å². The second-order valence-electron chi connectivity index (χ2n) is 5.35. The molecule has 1 aromatic rings. The van der Waals surface area contributed by atoms with Crippen LogP contribution in [-0.4, -0.2) is 63.9 Å². The molecule has 6 nitrogen and oxygen atoms in total. The van der Waals surface area contributed by atoms with Gasteiger partial charge in [0.05, 0.1) is 19.8 Å². The van der Waals surface area contributed by atoms with Crippen molar-refractivity contribution in [3.8, 4) is 5.75 Å². The zero-order chi connectivity index (χ0) is 16.3. The van der Waals surface area contributed by atoms with E-state index in [-0.39, 0.29) is 24.0 Å². The van der Waals surface area contributed by atoms with Crippen molar-refractivity contribution in [3.05, 3.63) is 29.8 Å². The summed E-state index contributed by atoms with van der Waals surface area (Å²) in [5.41, 5.74) is 1.13. The van der Waals surface area contributed by atoms with Gasteiger partial charge in [0.25, 0.3) is 0 Å². The first-order valence-electron chi connectivity index (χ1n) is 8.28. The van der Waals surface area contributed by atoms with Crippen LogP contribution in [0, 0.1) is 0 Å². The Kier molecular flexibility index (Phi) is 10.8. The van der Waals surface area contributed by atoms with Gasteiger partial charge >= 0.3 is 0 Å². The first-order chi connectivity index (χ1) is 11.3. The number of nitrogens with one attached hydrogen (secondary N) is 2. The van der Waals surface area contributed by atoms with Gasteiger partial charge < -0.3 is 20.1 Å². The maximum absolute atomic E-state index is 5.64. The number of guanidine groups is 1. The first-order valence-corrected chi connectivity index (χ1v) is 8.28. The molecule has 24 heavy (non-hydrogen) atoms. The summed E-state index contributed by atoms with van der Waals surface area (Å²) < 4.78 is 11.0. The summed E-state index contributed by atoms with van der Waals surface area (Å²) in [6.07, 6.45) is 0. The van der Waals surface area contributed by atoms with Crippen molar-refractivity contribution in [2.45, 2.75) is 13.5 Å². The maximum atomic E-state index is 5.64. The van der Waals surface area contributed by atoms with Crippen molar-refractivity contribution in [1.29, 1.82) is 0 Å². The average molecular weight is 448 g/mol. The molecule has 2 rings (SSSR count). The quantitative estimate of drug-likeness (QED) is 0.378. The summed E-state index contributed by atoms with van der Waals surface area (Å²) in [5, 5.41) is 6.69. The molecule has 136 valence electrons. The molecule has 0 saturated carbocycles. The van der Waals surface area contributed by atoms with Gasteiger partial charge in [-0.25, -0.2) is 0 Å². The number of hydrogen-bond acceptors (Lipinski definition) is 4. The van der Waals surface area contributed by atoms with E-state index in [9.17, 15) is 0 Å². The molecule has 2 N–H and O–H groups in total. The lowest BCUT2D eigenvalue weighted by atomic mass is 10.2. The monoisotopic (exact) mass is 448 g/mol. The third-order valence-electron chi connectivity index (χ3n) is 3.77. The number of rotatable bonds is 7. The summed E-state index contributed by atoms with van der Waals surface area (Å²) in [6.45, 7) is 8.91. The molecule has 1 aliphatic heterocycles. The van der Waals surface area contributed by atoms with E-state index in [1.165, 1.54) is 0 Å². The van der Waals surface area contributed by atoms with Crippen LogP contribution < -0.4 is 15.4 Å². The molecule has 0 aromatic heterocycles. The molecule has 1 fully saturated rings. The zero-order valence-corrected chi connectivity index (χ0v) is 16.9. The van der Waals surface area contributed by atoms with Crippen LogP contribution in [0.25, 0.3) is 0 Å². The van der Waals surface area contributed by atoms with Crippen LogP contribution >= 0.6 is 24.0 Å². The Bertz CT molecular complexity index is 493. The standard InChI is InChI=1S/C17H28N4O2.HI/c1-3-23-16-7-5-4-6-15(16)14-20-17(18-2)19-8-9-21-10-12-22-13-11-21;/h4-7H,3,8-14H2,1-2H3,(H2,18,19,20);1H. The molecule has 0 aliphatic carbocycles. The van der Waals surface area contributed by atoms with Gasteiger partial charge in [0.2, 0.25) is 0 Å². The molecular weight excluding hydrogens is 419 g/mol. The van der Waals surface area contributed by atoms with Gasteiger partial charge in [-0.1, -0.05) is 18.2 Å². The molecule has 1 saturated heterocycles. The fraction of sp³-hybridized carbons (Fsp3) is 0.588. The molecule has 0 unspecified atom stereocenters. The van der Waals surface area contributed by atoms with Crippen LogP contribution in [-0.2, 0) is 11.3 Å². The van der Waals surface area contributed by atoms with Crippen molar-refractivity contribution in [2.24, 2.45) is 4.99 Å². The van der Waals surface area contributed by atoms with Gasteiger partial charge in [-0.05, 0) is 13.0 Å². The zero-order valence-electron chi connectivity index (χ0n) is 14.6. The Balaban J connectivity index is 0.00000288. The number of ether oxygens (including phenoxy) is 2. The second kappa shape index (κ2) is 12.3. The molecule has 0 bridgehead atoms. The van der Waals surface area contributed by atoms with Crippen LogP contribution in [0.1, 0.15) is 12.5 Å². The number of morpholine rings is 1. The second-order valence-corrected chi connectivity index (χ2v) is 5.35. The Morgan fingerprint density at radius 1 is 1.25 bits per heavy atom. The Morgan fingerprint density at radius 2 is 2.00 bits per heavy atom. The van der Waals surface area contributed by atoms with Gasteiger partial charge in [-0.2, -0.15) is 0 Å². The minimum atomic E-state index is 0. The van der Waals surface area contributed by atoms with Crippen molar-refractivity contribution in [2.75, 3.05) is 53.0 Å². The lowest BCUT2D eigenvalue weighted by Crippen LogP contribution is -2.44. The van der Waals surface area contributed by atoms with Crippen LogP contribution in [0.3, 0.4) is 0 Å². The van der Waals surface area contributed by atoms with Gasteiger partial charge in [0.1, 0.15) is 5.75 Å². The molecule has 0 spiro atoms. The van der Waals surface area contributed by atoms with E-state index in [0.29, 0.717) is 13.2 Å². The van der Waals surface area contributed by atoms with E-state index in [2.05, 4.69) is 26.6 Å². The number of para-hydroxylation sites is 1. The fourth-order valence-corrected chi connectivity index (χ4v) is 2.50. The van der Waals surface area contributed by atoms with E-state index >= 15 is 0 Å². The Morgan fingerprint density at radius 3 is 2.71 bits per heavy atom. The first kappa shape index (κ1) is 21.0. The van der Waals surface area contributed by atoms with Crippen LogP contribution in [0.5, 0.6) is 5.75 Å². The number of benzene rings is 1. The topological polar surface area (TPSA) is 58.1 Å². The number of aliphatic imine (C=N–C) groups is 1. The lowest BCUT2D eigenvalue weighted by molar-refractivity contribution is 0.0389. The van der Waals surface area contributed by atoms with E-state index in [1.807, 2.05) is 25.1 Å². The highest BCUT2D eigenvalue weighted by Gasteiger charge is 2.10. The van der Waals surface area contributed by atoms with Crippen molar-refractivity contribution < 1.29 is 9.47 Å². The van der Waals surface area contributed by atoms with E-state index in [4.69, 9.17) is 9.47 Å². The van der Waals surface area contributed by atoms with Crippen molar-refractivity contribution >= 4 is 29.9 Å². The predicted molar refractivity (Wildman–Crippen MR) is 108 cm³/mol. The Hall–Kier alpha value is -1.06. The molecule has 1 heterocycles. The molecule has 7 heteroatoms. The molecule has 0 amide bonds. The fourth-order valence-electron chi connectivity index (χ4n) is 2.50. The molecule has 0 radical (unpaired) electrons. The summed E-state index contributed by atoms with van der Waals surface area (Å²) >= 11 is 0. The normalized spacial score (nSPS) is 15.5. The summed E-state index contributed by atoms with van der Waals surface area (Å²) in [7, 11) is 1.79. The van der Waals surface area contributed by atoms with E-state index in [0.717, 1.165) is 56.7 Å². The third kappa shape index (κ3) is 7.23. The minimum absolute atomic E-state index is 0. The molecule has 1 aliphatic rings. The van der Waals surface area contributed by atoms with Crippen molar-refractivity contribution in [1.82, 2.24) is 15.5 Å². The van der Waals surface area contributed by atoms with Crippen LogP contribution in [0.4, 0.5) is 0 Å². The smallest absolute Gasteiger partial charge is 0.191 e. The number of hydrogen-bond donors (Lipinski definition) is 2. The van der Waals surface area contributed by atoms with Gasteiger partial charge in [-0.15, -0.1) is 24.0 Å². The van der Waals surface area contributed by atoms with Gasteiger partial charge in [-0.3, -0.25) is 9.89 Å². The van der Waals surface area contributed by atoms with Gasteiger partial charge in [0, 0.05) is 45.3 Å². The average Bonchev–Trinajstić information content (AvgIpc) is 2.60. The van der Waals surface area contributed by atoms with Gasteiger partial charge in [0.15, 0.2) is 5.96 Å². The largest absolute Gasteiger partial charge is 0.494 e. The molecular formula is C17H29IN4O2. The third-order valence-corrected chi connectivity index (χ3v) is 3.77. The summed E-state index contributed by atoms with van der Waals surface area (Å²) in [4.78, 5) is 6.67. The SMILES string of the molecule is CCOc1ccccc1CNC(=NC)NCCN1CCOCC1.I. The van der Waals surface area contributed by atoms with Crippen LogP contribution in [0.15, 0.2) is 29.3 Å². The number of nitrogens with zero attached hydrogens (tertiary/aromatic N) is 2. The Labute approximate surface area is 162 Å². The lowest BCUT2D eigenvalue weighted by Gasteiger charge is -2.26. The molecule has 1 aromatic carbocycles. The summed E-state index contributed by atoms with van der Waals surface area (Å²) in [5.74, 6) is 1.73. The molecule has 0 atom stereocenters. The maximum Gasteiger partial charge on any atom is 0.191 e. The predicted octanol–water partition coefficient (Wildman–Crippen LogP) is 1.70. The highest BCUT2D eigenvalue weighted by molar-refractivity contribution is 14.0. The van der Waals surface area contributed by atoms with Crippen LogP contribution in [0.2, 0.25) is 0 Å². The highest BCUT2D eigenvalue weighted by Crippen LogP contribution is 2.17. The highest BCUT2D eigenvalue weighted by atomic mass is 127. The minimum Gasteiger partial charge on any atom is -0.494 e. The number of halogens is 1. The van der Waals surface area contributed by atoms with E-state index < -0.39 is 0 Å². The summed E-state index contributed by atoms with van der Waals surface area (Å²) in [6, 6.07) is 8.08.